The van der Waals surface area contributed by atoms with Crippen molar-refractivity contribution < 1.29 is 9.90 Å². The summed E-state index contributed by atoms with van der Waals surface area (Å²) in [6, 6.07) is 6.15. The van der Waals surface area contributed by atoms with Crippen LogP contribution in [0.2, 0.25) is 0 Å². The van der Waals surface area contributed by atoms with Crippen molar-refractivity contribution in [1.82, 2.24) is 5.32 Å². The average Bonchev–Trinajstić information content (AvgIpc) is 2.16. The molecule has 1 unspecified atom stereocenters. The van der Waals surface area contributed by atoms with Crippen LogP contribution in [0, 0.1) is 0 Å². The molecule has 1 aromatic carbocycles. The number of amides is 1. The van der Waals surface area contributed by atoms with Gasteiger partial charge in [-0.3, -0.25) is 4.79 Å². The number of carbonyl (C=O) groups excluding carboxylic acids is 1. The van der Waals surface area contributed by atoms with Crippen molar-refractivity contribution in [1.29, 1.82) is 0 Å². The quantitative estimate of drug-likeness (QED) is 0.650. The van der Waals surface area contributed by atoms with Gasteiger partial charge in [-0.1, -0.05) is 12.1 Å². The van der Waals surface area contributed by atoms with Crippen LogP contribution in [0.25, 0.3) is 0 Å². The van der Waals surface area contributed by atoms with Crippen molar-refractivity contribution in [2.45, 2.75) is 19.5 Å². The molecule has 0 heterocycles. The molecular weight excluding hydrogens is 180 g/mol. The second kappa shape index (κ2) is 4.62. The molecule has 0 bridgehead atoms. The number of phenols is 1. The molecule has 4 heteroatoms. The Kier molecular flexibility index (Phi) is 3.48. The van der Waals surface area contributed by atoms with Crippen LogP contribution in [-0.2, 0) is 11.3 Å². The van der Waals surface area contributed by atoms with Gasteiger partial charge in [0.05, 0.1) is 6.04 Å². The van der Waals surface area contributed by atoms with Gasteiger partial charge in [-0.15, -0.1) is 0 Å². The van der Waals surface area contributed by atoms with Crippen LogP contribution in [0.5, 0.6) is 5.75 Å². The van der Waals surface area contributed by atoms with Crippen molar-refractivity contribution in [3.05, 3.63) is 29.8 Å². The summed E-state index contributed by atoms with van der Waals surface area (Å²) >= 11 is 0. The molecule has 0 saturated heterocycles. The third-order valence-corrected chi connectivity index (χ3v) is 1.82. The van der Waals surface area contributed by atoms with E-state index < -0.39 is 6.04 Å². The van der Waals surface area contributed by atoms with Gasteiger partial charge in [0, 0.05) is 6.54 Å². The highest BCUT2D eigenvalue weighted by Gasteiger charge is 2.05. The Bertz CT molecular complexity index is 306. The molecule has 1 amide bonds. The third kappa shape index (κ3) is 3.06. The van der Waals surface area contributed by atoms with E-state index in [9.17, 15) is 4.79 Å². The van der Waals surface area contributed by atoms with E-state index in [2.05, 4.69) is 5.32 Å². The van der Waals surface area contributed by atoms with Crippen LogP contribution in [-0.4, -0.2) is 17.1 Å². The Morgan fingerprint density at radius 1 is 1.50 bits per heavy atom. The number of phenolic OH excluding ortho intramolecular Hbond substituents is 1. The number of nitrogens with two attached hydrogens (primary N) is 1. The van der Waals surface area contributed by atoms with E-state index in [0.29, 0.717) is 6.54 Å². The normalized spacial score (nSPS) is 12.1. The van der Waals surface area contributed by atoms with Crippen molar-refractivity contribution in [2.75, 3.05) is 0 Å². The highest BCUT2D eigenvalue weighted by Crippen LogP contribution is 2.08. The molecule has 14 heavy (non-hydrogen) atoms. The van der Waals surface area contributed by atoms with Crippen molar-refractivity contribution in [2.24, 2.45) is 5.73 Å². The standard InChI is InChI=1S/C10H14N2O2/c1-7(11)10(14)12-6-8-2-4-9(13)5-3-8/h2-5,7,13H,6,11H2,1H3,(H,12,14). The number of benzene rings is 1. The lowest BCUT2D eigenvalue weighted by Crippen LogP contribution is -2.37. The fourth-order valence-corrected chi connectivity index (χ4v) is 0.964. The van der Waals surface area contributed by atoms with Crippen LogP contribution < -0.4 is 11.1 Å². The van der Waals surface area contributed by atoms with E-state index in [1.165, 1.54) is 0 Å². The Morgan fingerprint density at radius 2 is 2.07 bits per heavy atom. The molecule has 0 aromatic heterocycles. The van der Waals surface area contributed by atoms with Gasteiger partial charge in [0.1, 0.15) is 5.75 Å². The first-order valence-electron chi connectivity index (χ1n) is 4.41. The van der Waals surface area contributed by atoms with Gasteiger partial charge in [-0.25, -0.2) is 0 Å². The molecule has 0 radical (unpaired) electrons. The fourth-order valence-electron chi connectivity index (χ4n) is 0.964. The van der Waals surface area contributed by atoms with Crippen molar-refractivity contribution >= 4 is 5.91 Å². The second-order valence-corrected chi connectivity index (χ2v) is 3.17. The molecule has 0 fully saturated rings. The highest BCUT2D eigenvalue weighted by molar-refractivity contribution is 5.80. The number of aromatic hydroxyl groups is 1. The zero-order valence-electron chi connectivity index (χ0n) is 8.03. The maximum absolute atomic E-state index is 11.1. The van der Waals surface area contributed by atoms with Gasteiger partial charge in [0.25, 0.3) is 0 Å². The molecule has 0 saturated carbocycles. The van der Waals surface area contributed by atoms with E-state index in [0.717, 1.165) is 5.56 Å². The van der Waals surface area contributed by atoms with Crippen LogP contribution >= 0.6 is 0 Å². The average molecular weight is 194 g/mol. The largest absolute Gasteiger partial charge is 0.508 e. The zero-order valence-corrected chi connectivity index (χ0v) is 8.03. The topological polar surface area (TPSA) is 75.4 Å². The Labute approximate surface area is 82.7 Å². The SMILES string of the molecule is CC(N)C(=O)NCc1ccc(O)cc1. The molecule has 1 aromatic rings. The molecule has 4 N–H and O–H groups in total. The van der Waals surface area contributed by atoms with E-state index >= 15 is 0 Å². The summed E-state index contributed by atoms with van der Waals surface area (Å²) < 4.78 is 0. The Balaban J connectivity index is 2.46. The summed E-state index contributed by atoms with van der Waals surface area (Å²) in [7, 11) is 0. The molecule has 1 atom stereocenters. The summed E-state index contributed by atoms with van der Waals surface area (Å²) in [5.41, 5.74) is 6.30. The summed E-state index contributed by atoms with van der Waals surface area (Å²) in [5.74, 6) is 0.0327. The zero-order chi connectivity index (χ0) is 10.6. The minimum atomic E-state index is -0.493. The van der Waals surface area contributed by atoms with E-state index in [1.807, 2.05) is 0 Å². The highest BCUT2D eigenvalue weighted by atomic mass is 16.3. The van der Waals surface area contributed by atoms with Gasteiger partial charge < -0.3 is 16.2 Å². The fraction of sp³-hybridized carbons (Fsp3) is 0.300. The first-order valence-corrected chi connectivity index (χ1v) is 4.41. The number of hydrogen-bond acceptors (Lipinski definition) is 3. The van der Waals surface area contributed by atoms with Crippen molar-refractivity contribution in [3.63, 3.8) is 0 Å². The number of carbonyl (C=O) groups is 1. The Morgan fingerprint density at radius 3 is 2.57 bits per heavy atom. The first kappa shape index (κ1) is 10.5. The first-order chi connectivity index (χ1) is 6.59. The number of hydrogen-bond donors (Lipinski definition) is 3. The van der Waals surface area contributed by atoms with E-state index in [-0.39, 0.29) is 11.7 Å². The van der Waals surface area contributed by atoms with Crippen molar-refractivity contribution in [3.8, 4) is 5.75 Å². The minimum absolute atomic E-state index is 0.182. The lowest BCUT2D eigenvalue weighted by Gasteiger charge is -2.07. The monoisotopic (exact) mass is 194 g/mol. The van der Waals surface area contributed by atoms with Crippen LogP contribution in [0.15, 0.2) is 24.3 Å². The second-order valence-electron chi connectivity index (χ2n) is 3.17. The molecule has 1 rings (SSSR count). The smallest absolute Gasteiger partial charge is 0.236 e. The number of nitrogens with one attached hydrogen (secondary N) is 1. The minimum Gasteiger partial charge on any atom is -0.508 e. The molecule has 0 spiro atoms. The van der Waals surface area contributed by atoms with Gasteiger partial charge in [-0.2, -0.15) is 0 Å². The van der Waals surface area contributed by atoms with Crippen LogP contribution in [0.4, 0.5) is 0 Å². The molecule has 0 aliphatic rings. The predicted molar refractivity (Wildman–Crippen MR) is 53.6 cm³/mol. The lowest BCUT2D eigenvalue weighted by molar-refractivity contribution is -0.122. The molecule has 0 aliphatic heterocycles. The van der Waals surface area contributed by atoms with E-state index in [4.69, 9.17) is 10.8 Å². The van der Waals surface area contributed by atoms with Gasteiger partial charge in [0.15, 0.2) is 0 Å². The summed E-state index contributed by atoms with van der Waals surface area (Å²) in [4.78, 5) is 11.1. The van der Waals surface area contributed by atoms with Crippen LogP contribution in [0.3, 0.4) is 0 Å². The Hall–Kier alpha value is -1.55. The van der Waals surface area contributed by atoms with E-state index in [1.54, 1.807) is 31.2 Å². The maximum atomic E-state index is 11.1. The molecular formula is C10H14N2O2. The predicted octanol–water partition coefficient (Wildman–Crippen LogP) is 0.356. The maximum Gasteiger partial charge on any atom is 0.236 e. The van der Waals surface area contributed by atoms with Gasteiger partial charge in [0.2, 0.25) is 5.91 Å². The molecule has 76 valence electrons. The summed E-state index contributed by atoms with van der Waals surface area (Å²) in [6.07, 6.45) is 0. The number of rotatable bonds is 3. The summed E-state index contributed by atoms with van der Waals surface area (Å²) in [5, 5.41) is 11.7. The lowest BCUT2D eigenvalue weighted by atomic mass is 10.2. The van der Waals surface area contributed by atoms with Crippen LogP contribution in [0.1, 0.15) is 12.5 Å². The third-order valence-electron chi connectivity index (χ3n) is 1.82. The van der Waals surface area contributed by atoms with Gasteiger partial charge in [-0.05, 0) is 24.6 Å². The molecule has 4 nitrogen and oxygen atoms in total. The molecule has 0 aliphatic carbocycles. The van der Waals surface area contributed by atoms with Gasteiger partial charge >= 0.3 is 0 Å². The summed E-state index contributed by atoms with van der Waals surface area (Å²) in [6.45, 7) is 2.06.